The minimum atomic E-state index is -4.57. The lowest BCUT2D eigenvalue weighted by Gasteiger charge is -2.30. The molecule has 0 saturated carbocycles. The van der Waals surface area contributed by atoms with Gasteiger partial charge in [0.2, 0.25) is 5.91 Å². The van der Waals surface area contributed by atoms with Crippen molar-refractivity contribution >= 4 is 13.7 Å². The lowest BCUT2D eigenvalue weighted by Crippen LogP contribution is -2.46. The topological polar surface area (TPSA) is 108 Å². The molecule has 8 nitrogen and oxygen atoms in total. The van der Waals surface area contributed by atoms with Gasteiger partial charge in [-0.3, -0.25) is 9.36 Å². The van der Waals surface area contributed by atoms with Gasteiger partial charge in [0.25, 0.3) is 7.82 Å². The first kappa shape index (κ1) is 68.5. The molecule has 0 heterocycles. The summed E-state index contributed by atoms with van der Waals surface area (Å²) in [5.41, 5.74) is 0. The molecule has 0 aliphatic carbocycles. The van der Waals surface area contributed by atoms with Gasteiger partial charge in [-0.15, -0.1) is 0 Å². The molecule has 0 saturated heterocycles. The second-order valence-corrected chi connectivity index (χ2v) is 24.2. The Balaban J connectivity index is 4.07. The molecule has 2 N–H and O–H groups in total. The number of nitrogens with one attached hydrogen (secondary N) is 1. The molecule has 69 heavy (non-hydrogen) atoms. The summed E-state index contributed by atoms with van der Waals surface area (Å²) in [5, 5.41) is 14.1. The van der Waals surface area contributed by atoms with Gasteiger partial charge in [0.05, 0.1) is 39.9 Å². The zero-order valence-corrected chi connectivity index (χ0v) is 48.2. The van der Waals surface area contributed by atoms with Crippen molar-refractivity contribution in [3.63, 3.8) is 0 Å². The molecule has 0 bridgehead atoms. The number of rotatable bonds is 58. The smallest absolute Gasteiger partial charge is 0.268 e. The Morgan fingerprint density at radius 1 is 0.449 bits per heavy atom. The van der Waals surface area contributed by atoms with E-state index in [-0.39, 0.29) is 19.1 Å². The fourth-order valence-corrected chi connectivity index (χ4v) is 10.5. The van der Waals surface area contributed by atoms with Crippen molar-refractivity contribution in [3.05, 3.63) is 0 Å². The lowest BCUT2D eigenvalue weighted by atomic mass is 10.0. The van der Waals surface area contributed by atoms with Gasteiger partial charge in [0.15, 0.2) is 0 Å². The first-order valence-corrected chi connectivity index (χ1v) is 32.3. The number of aliphatic hydroxyl groups is 1. The first-order chi connectivity index (χ1) is 33.5. The highest BCUT2D eigenvalue weighted by Gasteiger charge is 2.24. The Hall–Kier alpha value is -0.500. The number of hydrogen-bond donors (Lipinski definition) is 2. The van der Waals surface area contributed by atoms with E-state index in [1.165, 1.54) is 263 Å². The highest BCUT2D eigenvalue weighted by Crippen LogP contribution is 2.38. The zero-order chi connectivity index (χ0) is 50.6. The molecule has 0 spiro atoms. The standard InChI is InChI=1S/C60H123N2O6P/c1-6-8-10-12-14-16-18-20-22-24-26-28-29-30-31-32-33-34-35-37-39-41-43-45-47-49-51-53-59(63)58(57-68-69(65,66)67-56-55-62(3,4)5)61-60(64)54-52-50-48-46-44-42-40-38-36-27-25-23-21-19-17-15-13-11-9-7-2/h58-59,63H,6-57H2,1-5H3,(H-,61,64,65,66). The first-order valence-electron chi connectivity index (χ1n) is 30.9. The normalized spacial score (nSPS) is 13.8. The van der Waals surface area contributed by atoms with Gasteiger partial charge in [-0.1, -0.05) is 309 Å². The number of aliphatic hydroxyl groups excluding tert-OH is 1. The maximum atomic E-state index is 13.0. The highest BCUT2D eigenvalue weighted by molar-refractivity contribution is 7.45. The summed E-state index contributed by atoms with van der Waals surface area (Å²) in [6.45, 7) is 4.79. The molecule has 0 aliphatic rings. The zero-order valence-electron chi connectivity index (χ0n) is 47.3. The number of carbonyl (C=O) groups excluding carboxylic acids is 1. The fraction of sp³-hybridized carbons (Fsp3) is 0.983. The third kappa shape index (κ3) is 55.1. The van der Waals surface area contributed by atoms with Crippen LogP contribution in [0.25, 0.3) is 0 Å². The van der Waals surface area contributed by atoms with E-state index in [4.69, 9.17) is 9.05 Å². The molecule has 0 rings (SSSR count). The van der Waals surface area contributed by atoms with E-state index in [9.17, 15) is 19.4 Å². The molecule has 0 aromatic carbocycles. The summed E-state index contributed by atoms with van der Waals surface area (Å²) in [4.78, 5) is 25.6. The molecule has 0 fully saturated rings. The molecule has 414 valence electrons. The molecular weight excluding hydrogens is 876 g/mol. The van der Waals surface area contributed by atoms with Crippen molar-refractivity contribution in [1.29, 1.82) is 0 Å². The summed E-state index contributed by atoms with van der Waals surface area (Å²) in [7, 11) is 1.33. The Morgan fingerprint density at radius 3 is 0.986 bits per heavy atom. The van der Waals surface area contributed by atoms with Crippen LogP contribution in [0, 0.1) is 0 Å². The Bertz CT molecular complexity index is 1090. The third-order valence-corrected chi connectivity index (χ3v) is 15.6. The molecule has 3 atom stereocenters. The van der Waals surface area contributed by atoms with Crippen molar-refractivity contribution in [2.75, 3.05) is 40.9 Å². The lowest BCUT2D eigenvalue weighted by molar-refractivity contribution is -0.870. The predicted molar refractivity (Wildman–Crippen MR) is 298 cm³/mol. The van der Waals surface area contributed by atoms with Crippen LogP contribution in [-0.2, 0) is 18.4 Å². The van der Waals surface area contributed by atoms with Crippen LogP contribution in [0.15, 0.2) is 0 Å². The molecule has 0 aliphatic heterocycles. The minimum Gasteiger partial charge on any atom is -0.756 e. The number of amides is 1. The number of nitrogens with zero attached hydrogens (tertiary/aromatic N) is 1. The molecule has 9 heteroatoms. The second-order valence-electron chi connectivity index (χ2n) is 22.8. The van der Waals surface area contributed by atoms with Crippen LogP contribution in [0.1, 0.15) is 328 Å². The average Bonchev–Trinajstić information content (AvgIpc) is 3.31. The van der Waals surface area contributed by atoms with E-state index in [0.717, 1.165) is 38.5 Å². The Kier molecular flexibility index (Phi) is 52.0. The number of unbranched alkanes of at least 4 members (excludes halogenated alkanes) is 45. The SMILES string of the molecule is CCCCCCCCCCCCCCCCCCCCCCCCCCCCCC(O)C(COP(=O)([O-])OCC[N+](C)(C)C)NC(=O)CCCCCCCCCCCCCCCCCCCCCC. The number of quaternary nitrogens is 1. The monoisotopic (exact) mass is 999 g/mol. The van der Waals surface area contributed by atoms with Crippen LogP contribution < -0.4 is 10.2 Å². The minimum absolute atomic E-state index is 0.0168. The van der Waals surface area contributed by atoms with E-state index in [1.54, 1.807) is 0 Å². The third-order valence-electron chi connectivity index (χ3n) is 14.6. The molecule has 1 amide bonds. The fourth-order valence-electron chi connectivity index (χ4n) is 9.75. The van der Waals surface area contributed by atoms with E-state index >= 15 is 0 Å². The second kappa shape index (κ2) is 52.4. The van der Waals surface area contributed by atoms with Crippen LogP contribution in [0.4, 0.5) is 0 Å². The van der Waals surface area contributed by atoms with Gasteiger partial charge < -0.3 is 28.8 Å². The van der Waals surface area contributed by atoms with E-state index in [0.29, 0.717) is 23.9 Å². The Morgan fingerprint density at radius 2 is 0.710 bits per heavy atom. The van der Waals surface area contributed by atoms with Gasteiger partial charge in [-0.2, -0.15) is 0 Å². The Labute approximate surface area is 431 Å². The van der Waals surface area contributed by atoms with Crippen molar-refractivity contribution in [1.82, 2.24) is 5.32 Å². The van der Waals surface area contributed by atoms with Gasteiger partial charge in [-0.25, -0.2) is 0 Å². The summed E-state index contributed by atoms with van der Waals surface area (Å²) in [6, 6.07) is -0.795. The maximum Gasteiger partial charge on any atom is 0.268 e. The van der Waals surface area contributed by atoms with Crippen molar-refractivity contribution in [3.8, 4) is 0 Å². The number of phosphoric acid groups is 1. The van der Waals surface area contributed by atoms with Gasteiger partial charge in [-0.05, 0) is 12.8 Å². The summed E-state index contributed by atoms with van der Waals surface area (Å²) < 4.78 is 23.5. The maximum absolute atomic E-state index is 13.0. The van der Waals surface area contributed by atoms with Crippen LogP contribution in [0.5, 0.6) is 0 Å². The van der Waals surface area contributed by atoms with Crippen molar-refractivity contribution in [2.45, 2.75) is 341 Å². The van der Waals surface area contributed by atoms with E-state index in [1.807, 2.05) is 21.1 Å². The quantitative estimate of drug-likeness (QED) is 0.0357. The summed E-state index contributed by atoms with van der Waals surface area (Å²) in [5.74, 6) is -0.156. The number of phosphoric ester groups is 1. The van der Waals surface area contributed by atoms with Crippen LogP contribution in [0.3, 0.4) is 0 Å². The van der Waals surface area contributed by atoms with Gasteiger partial charge >= 0.3 is 0 Å². The molecule has 0 aromatic rings. The van der Waals surface area contributed by atoms with Crippen molar-refractivity contribution in [2.24, 2.45) is 0 Å². The summed E-state index contributed by atoms with van der Waals surface area (Å²) in [6.07, 6.45) is 62.9. The largest absolute Gasteiger partial charge is 0.756 e. The van der Waals surface area contributed by atoms with Crippen LogP contribution >= 0.6 is 7.82 Å². The van der Waals surface area contributed by atoms with Crippen LogP contribution in [-0.4, -0.2) is 68.5 Å². The average molecular weight is 1000 g/mol. The number of likely N-dealkylation sites (N-methyl/N-ethyl adjacent to an activating group) is 1. The molecule has 0 radical (unpaired) electrons. The van der Waals surface area contributed by atoms with Crippen molar-refractivity contribution < 1.29 is 32.9 Å². The summed E-state index contributed by atoms with van der Waals surface area (Å²) >= 11 is 0. The number of hydrogen-bond acceptors (Lipinski definition) is 6. The van der Waals surface area contributed by atoms with Gasteiger partial charge in [0.1, 0.15) is 13.2 Å². The highest BCUT2D eigenvalue weighted by atomic mass is 31.2. The van der Waals surface area contributed by atoms with Gasteiger partial charge in [0, 0.05) is 6.42 Å². The number of carbonyl (C=O) groups is 1. The van der Waals surface area contributed by atoms with E-state index < -0.39 is 20.0 Å². The van der Waals surface area contributed by atoms with Crippen LogP contribution in [0.2, 0.25) is 0 Å². The van der Waals surface area contributed by atoms with E-state index in [2.05, 4.69) is 19.2 Å². The molecule has 3 unspecified atom stereocenters. The predicted octanol–water partition coefficient (Wildman–Crippen LogP) is 18.2. The molecule has 0 aromatic heterocycles. The molecular formula is C60H123N2O6P.